The van der Waals surface area contributed by atoms with Crippen molar-refractivity contribution in [2.75, 3.05) is 13.1 Å². The van der Waals surface area contributed by atoms with Crippen LogP contribution in [-0.4, -0.2) is 35.7 Å². The first-order chi connectivity index (χ1) is 9.78. The Bertz CT molecular complexity index is 508. The number of nitrogens with zero attached hydrogens (tertiary/aromatic N) is 1. The Labute approximate surface area is 127 Å². The number of hydrogen-bond acceptors (Lipinski definition) is 3. The molecule has 0 spiro atoms. The van der Waals surface area contributed by atoms with E-state index in [-0.39, 0.29) is 12.1 Å². The highest BCUT2D eigenvalue weighted by atomic mass is 16.6. The van der Waals surface area contributed by atoms with Crippen molar-refractivity contribution in [1.29, 1.82) is 0 Å². The molecule has 0 bridgehead atoms. The van der Waals surface area contributed by atoms with E-state index in [0.29, 0.717) is 19.0 Å². The van der Waals surface area contributed by atoms with Crippen LogP contribution >= 0.6 is 0 Å². The average Bonchev–Trinajstić information content (AvgIpc) is 2.38. The zero-order valence-electron chi connectivity index (χ0n) is 13.4. The van der Waals surface area contributed by atoms with Crippen LogP contribution < -0.4 is 5.73 Å². The van der Waals surface area contributed by atoms with E-state index in [9.17, 15) is 4.79 Å². The predicted molar refractivity (Wildman–Crippen MR) is 84.3 cm³/mol. The molecule has 1 aromatic carbocycles. The molecule has 21 heavy (non-hydrogen) atoms. The summed E-state index contributed by atoms with van der Waals surface area (Å²) in [5, 5.41) is 0. The van der Waals surface area contributed by atoms with E-state index < -0.39 is 5.60 Å². The van der Waals surface area contributed by atoms with Crippen LogP contribution in [0.5, 0.6) is 0 Å². The Morgan fingerprint density at radius 1 is 1.33 bits per heavy atom. The minimum atomic E-state index is -0.464. The smallest absolute Gasteiger partial charge is 0.410 e. The molecule has 2 N–H and O–H groups in total. The van der Waals surface area contributed by atoms with E-state index in [1.807, 2.05) is 26.8 Å². The Morgan fingerprint density at radius 3 is 2.57 bits per heavy atom. The molecule has 1 aliphatic rings. The van der Waals surface area contributed by atoms with Crippen molar-refractivity contribution in [2.45, 2.75) is 51.7 Å². The summed E-state index contributed by atoms with van der Waals surface area (Å²) in [6.07, 6.45) is 0.617. The third-order valence-electron chi connectivity index (χ3n) is 3.90. The predicted octanol–water partition coefficient (Wildman–Crippen LogP) is 3.05. The van der Waals surface area contributed by atoms with Gasteiger partial charge < -0.3 is 15.4 Å². The molecule has 2 atom stereocenters. The first-order valence-electron chi connectivity index (χ1n) is 7.57. The fourth-order valence-corrected chi connectivity index (χ4v) is 2.86. The SMILES string of the molecule is Cc1ccccc1[C@H]1CCN(C(=O)OC(C)(C)C)C[C@@H]1N. The van der Waals surface area contributed by atoms with Gasteiger partial charge in [-0.25, -0.2) is 4.79 Å². The number of carbonyl (C=O) groups excluding carboxylic acids is 1. The number of aryl methyl sites for hydroxylation is 1. The Morgan fingerprint density at radius 2 is 2.00 bits per heavy atom. The summed E-state index contributed by atoms with van der Waals surface area (Å²) >= 11 is 0. The normalized spacial score (nSPS) is 23.0. The van der Waals surface area contributed by atoms with Crippen LogP contribution in [0.2, 0.25) is 0 Å². The molecule has 0 unspecified atom stereocenters. The first-order valence-corrected chi connectivity index (χ1v) is 7.57. The molecular formula is C17H26N2O2. The van der Waals surface area contributed by atoms with Crippen molar-refractivity contribution >= 4 is 6.09 Å². The van der Waals surface area contributed by atoms with Crippen LogP contribution in [0.3, 0.4) is 0 Å². The van der Waals surface area contributed by atoms with Gasteiger partial charge in [-0.3, -0.25) is 0 Å². The summed E-state index contributed by atoms with van der Waals surface area (Å²) < 4.78 is 5.42. The van der Waals surface area contributed by atoms with Crippen molar-refractivity contribution in [2.24, 2.45) is 5.73 Å². The molecule has 4 heteroatoms. The number of carbonyl (C=O) groups is 1. The maximum atomic E-state index is 12.1. The Kier molecular flexibility index (Phi) is 4.57. The molecule has 4 nitrogen and oxygen atoms in total. The highest BCUT2D eigenvalue weighted by molar-refractivity contribution is 5.68. The molecule has 1 aliphatic heterocycles. The van der Waals surface area contributed by atoms with E-state index in [1.165, 1.54) is 11.1 Å². The zero-order chi connectivity index (χ0) is 15.6. The second-order valence-corrected chi connectivity index (χ2v) is 6.84. The molecule has 0 aromatic heterocycles. The summed E-state index contributed by atoms with van der Waals surface area (Å²) in [7, 11) is 0. The van der Waals surface area contributed by atoms with Gasteiger partial charge in [0.15, 0.2) is 0 Å². The van der Waals surface area contributed by atoms with E-state index in [1.54, 1.807) is 4.90 Å². The van der Waals surface area contributed by atoms with Crippen molar-refractivity contribution in [3.8, 4) is 0 Å². The molecule has 2 rings (SSSR count). The monoisotopic (exact) mass is 290 g/mol. The van der Waals surface area contributed by atoms with Gasteiger partial charge in [0.1, 0.15) is 5.60 Å². The van der Waals surface area contributed by atoms with Crippen molar-refractivity contribution in [3.63, 3.8) is 0 Å². The molecule has 0 saturated carbocycles. The maximum Gasteiger partial charge on any atom is 0.410 e. The second kappa shape index (κ2) is 6.06. The van der Waals surface area contributed by atoms with Crippen LogP contribution in [0.1, 0.15) is 44.2 Å². The lowest BCUT2D eigenvalue weighted by Gasteiger charge is -2.38. The number of amides is 1. The Hall–Kier alpha value is -1.55. The molecule has 1 heterocycles. The van der Waals surface area contributed by atoms with Crippen LogP contribution in [0.4, 0.5) is 4.79 Å². The van der Waals surface area contributed by atoms with E-state index >= 15 is 0 Å². The highest BCUT2D eigenvalue weighted by Gasteiger charge is 2.32. The number of likely N-dealkylation sites (tertiary alicyclic amines) is 1. The van der Waals surface area contributed by atoms with Gasteiger partial charge in [0.2, 0.25) is 0 Å². The van der Waals surface area contributed by atoms with Crippen LogP contribution in [0.25, 0.3) is 0 Å². The molecule has 116 valence electrons. The number of benzene rings is 1. The molecule has 1 fully saturated rings. The number of ether oxygens (including phenoxy) is 1. The maximum absolute atomic E-state index is 12.1. The first kappa shape index (κ1) is 15.8. The lowest BCUT2D eigenvalue weighted by Crippen LogP contribution is -2.50. The number of piperidine rings is 1. The van der Waals surface area contributed by atoms with E-state index in [4.69, 9.17) is 10.5 Å². The molecule has 1 amide bonds. The highest BCUT2D eigenvalue weighted by Crippen LogP contribution is 2.30. The van der Waals surface area contributed by atoms with Crippen molar-refractivity contribution in [1.82, 2.24) is 4.90 Å². The number of rotatable bonds is 1. The fraction of sp³-hybridized carbons (Fsp3) is 0.588. The summed E-state index contributed by atoms with van der Waals surface area (Å²) in [5.41, 5.74) is 8.43. The largest absolute Gasteiger partial charge is 0.444 e. The van der Waals surface area contributed by atoms with E-state index in [0.717, 1.165) is 6.42 Å². The average molecular weight is 290 g/mol. The van der Waals surface area contributed by atoms with Gasteiger partial charge >= 0.3 is 6.09 Å². The number of hydrogen-bond donors (Lipinski definition) is 1. The van der Waals surface area contributed by atoms with Crippen molar-refractivity contribution < 1.29 is 9.53 Å². The number of nitrogens with two attached hydrogens (primary N) is 1. The Balaban J connectivity index is 2.03. The third-order valence-corrected chi connectivity index (χ3v) is 3.90. The zero-order valence-corrected chi connectivity index (χ0v) is 13.4. The standard InChI is InChI=1S/C17H26N2O2/c1-12-7-5-6-8-13(12)14-9-10-19(11-15(14)18)16(20)21-17(2,3)4/h5-8,14-15H,9-11,18H2,1-4H3/t14-,15+/m1/s1. The third kappa shape index (κ3) is 3.97. The quantitative estimate of drug-likeness (QED) is 0.865. The molecule has 1 aromatic rings. The van der Waals surface area contributed by atoms with Gasteiger partial charge in [-0.05, 0) is 45.2 Å². The van der Waals surface area contributed by atoms with Crippen molar-refractivity contribution in [3.05, 3.63) is 35.4 Å². The van der Waals surface area contributed by atoms with Gasteiger partial charge in [-0.2, -0.15) is 0 Å². The second-order valence-electron chi connectivity index (χ2n) is 6.84. The minimum Gasteiger partial charge on any atom is -0.444 e. The van der Waals surface area contributed by atoms with Gasteiger partial charge in [0, 0.05) is 25.0 Å². The topological polar surface area (TPSA) is 55.6 Å². The van der Waals surface area contributed by atoms with Gasteiger partial charge in [0.05, 0.1) is 0 Å². The summed E-state index contributed by atoms with van der Waals surface area (Å²) in [5.74, 6) is 0.310. The minimum absolute atomic E-state index is 0.0487. The van der Waals surface area contributed by atoms with E-state index in [2.05, 4.69) is 25.1 Å². The molecular weight excluding hydrogens is 264 g/mol. The van der Waals surface area contributed by atoms with Crippen LogP contribution in [0.15, 0.2) is 24.3 Å². The van der Waals surface area contributed by atoms with Crippen LogP contribution in [0, 0.1) is 6.92 Å². The summed E-state index contributed by atoms with van der Waals surface area (Å²) in [6, 6.07) is 8.30. The fourth-order valence-electron chi connectivity index (χ4n) is 2.86. The van der Waals surface area contributed by atoms with Gasteiger partial charge in [0.25, 0.3) is 0 Å². The molecule has 1 saturated heterocycles. The molecule has 0 aliphatic carbocycles. The lowest BCUT2D eigenvalue weighted by atomic mass is 9.84. The molecule has 0 radical (unpaired) electrons. The summed E-state index contributed by atoms with van der Waals surface area (Å²) in [4.78, 5) is 13.8. The summed E-state index contributed by atoms with van der Waals surface area (Å²) in [6.45, 7) is 9.00. The van der Waals surface area contributed by atoms with Gasteiger partial charge in [-0.15, -0.1) is 0 Å². The lowest BCUT2D eigenvalue weighted by molar-refractivity contribution is 0.0186. The van der Waals surface area contributed by atoms with Crippen LogP contribution in [-0.2, 0) is 4.74 Å². The van der Waals surface area contributed by atoms with Gasteiger partial charge in [-0.1, -0.05) is 24.3 Å².